The number of amides is 4. The number of para-hydroxylation sites is 1. The number of likely N-dealkylation sites (tertiary alicyclic amines) is 1. The highest BCUT2D eigenvalue weighted by molar-refractivity contribution is 5.95. The molecule has 1 aromatic carbocycles. The molecule has 1 aliphatic heterocycles. The predicted octanol–water partition coefficient (Wildman–Crippen LogP) is -0.787. The highest BCUT2D eigenvalue weighted by Crippen LogP contribution is 2.21. The number of primary amides is 1. The Morgan fingerprint density at radius 3 is 2.38 bits per heavy atom. The molecule has 3 rings (SSSR count). The number of aromatic amines is 1. The molecular formula is C26H34N6O8. The highest BCUT2D eigenvalue weighted by atomic mass is 16.4. The molecule has 216 valence electrons. The first-order chi connectivity index (χ1) is 19.0. The van der Waals surface area contributed by atoms with Gasteiger partial charge < -0.3 is 42.2 Å². The maximum atomic E-state index is 13.5. The summed E-state index contributed by atoms with van der Waals surface area (Å²) in [5, 5.41) is 24.3. The van der Waals surface area contributed by atoms with Gasteiger partial charge in [0.15, 0.2) is 0 Å². The van der Waals surface area contributed by atoms with Crippen molar-refractivity contribution in [3.05, 3.63) is 36.0 Å². The fourth-order valence-corrected chi connectivity index (χ4v) is 4.72. The Hall–Kier alpha value is -4.46. The number of H-pyrrole nitrogens is 1. The van der Waals surface area contributed by atoms with Crippen LogP contribution in [0, 0.1) is 0 Å². The van der Waals surface area contributed by atoms with Crippen molar-refractivity contribution in [2.24, 2.45) is 11.5 Å². The van der Waals surface area contributed by atoms with Crippen molar-refractivity contribution >= 4 is 46.5 Å². The summed E-state index contributed by atoms with van der Waals surface area (Å²) in [6, 6.07) is 2.52. The van der Waals surface area contributed by atoms with Crippen LogP contribution in [0.3, 0.4) is 0 Å². The van der Waals surface area contributed by atoms with Crippen LogP contribution >= 0.6 is 0 Å². The third kappa shape index (κ3) is 7.79. The summed E-state index contributed by atoms with van der Waals surface area (Å²) in [5.41, 5.74) is 12.6. The SMILES string of the molecule is NC(=O)CCC(NC(=O)C(Cc1c[nH]c2ccccc12)NC(=O)C(N)CCC(=O)O)C(=O)N1CCCC1C(=O)O. The molecule has 14 heteroatoms. The van der Waals surface area contributed by atoms with Crippen molar-refractivity contribution in [2.75, 3.05) is 6.54 Å². The number of benzene rings is 1. The number of carbonyl (C=O) groups excluding carboxylic acids is 4. The molecule has 0 spiro atoms. The Morgan fingerprint density at radius 2 is 1.70 bits per heavy atom. The largest absolute Gasteiger partial charge is 0.481 e. The summed E-state index contributed by atoms with van der Waals surface area (Å²) < 4.78 is 0. The molecule has 1 aliphatic rings. The standard InChI is InChI=1S/C26H34N6O8/c27-16(7-10-22(34)35)23(36)31-19(12-14-13-29-17-5-2-1-4-15(14)17)24(37)30-18(8-9-21(28)33)25(38)32-11-3-6-20(32)26(39)40/h1-2,4-5,13,16,18-20,29H,3,6-12,27H2,(H2,28,33)(H,30,37)(H,31,36)(H,34,35)(H,39,40). The van der Waals surface area contributed by atoms with Gasteiger partial charge in [-0.3, -0.25) is 24.0 Å². The molecule has 40 heavy (non-hydrogen) atoms. The predicted molar refractivity (Wildman–Crippen MR) is 142 cm³/mol. The van der Waals surface area contributed by atoms with Gasteiger partial charge in [-0.25, -0.2) is 4.79 Å². The number of nitrogens with one attached hydrogen (secondary N) is 3. The van der Waals surface area contributed by atoms with Crippen LogP contribution in [0.5, 0.6) is 0 Å². The topological polar surface area (TPSA) is 238 Å². The van der Waals surface area contributed by atoms with Gasteiger partial charge >= 0.3 is 11.9 Å². The number of aliphatic carboxylic acids is 2. The Kier molecular flexibility index (Phi) is 10.2. The van der Waals surface area contributed by atoms with Crippen LogP contribution in [-0.2, 0) is 35.2 Å². The molecule has 0 bridgehead atoms. The third-order valence-corrected chi connectivity index (χ3v) is 6.85. The monoisotopic (exact) mass is 558 g/mol. The number of carboxylic acids is 2. The molecule has 1 saturated heterocycles. The van der Waals surface area contributed by atoms with Crippen LogP contribution in [0.25, 0.3) is 10.9 Å². The minimum absolute atomic E-state index is 0.00850. The lowest BCUT2D eigenvalue weighted by Crippen LogP contribution is -2.57. The van der Waals surface area contributed by atoms with Gasteiger partial charge in [-0.1, -0.05) is 18.2 Å². The molecule has 4 atom stereocenters. The third-order valence-electron chi connectivity index (χ3n) is 6.85. The van der Waals surface area contributed by atoms with Crippen LogP contribution in [0.15, 0.2) is 30.5 Å². The van der Waals surface area contributed by atoms with Crippen molar-refractivity contribution in [2.45, 2.75) is 69.1 Å². The number of aromatic nitrogens is 1. The van der Waals surface area contributed by atoms with Crippen LogP contribution in [-0.4, -0.2) is 86.4 Å². The van der Waals surface area contributed by atoms with E-state index in [2.05, 4.69) is 15.6 Å². The summed E-state index contributed by atoms with van der Waals surface area (Å²) in [7, 11) is 0. The lowest BCUT2D eigenvalue weighted by atomic mass is 10.0. The van der Waals surface area contributed by atoms with Crippen molar-refractivity contribution in [1.29, 1.82) is 0 Å². The average Bonchev–Trinajstić information content (AvgIpc) is 3.56. The van der Waals surface area contributed by atoms with Gasteiger partial charge in [-0.15, -0.1) is 0 Å². The highest BCUT2D eigenvalue weighted by Gasteiger charge is 2.38. The molecule has 2 aromatic rings. The van der Waals surface area contributed by atoms with E-state index < -0.39 is 59.7 Å². The van der Waals surface area contributed by atoms with E-state index in [1.807, 2.05) is 24.3 Å². The fraction of sp³-hybridized carbons (Fsp3) is 0.462. The molecule has 9 N–H and O–H groups in total. The van der Waals surface area contributed by atoms with E-state index in [4.69, 9.17) is 16.6 Å². The Balaban J connectivity index is 1.85. The fourth-order valence-electron chi connectivity index (χ4n) is 4.72. The van der Waals surface area contributed by atoms with E-state index >= 15 is 0 Å². The molecule has 0 radical (unpaired) electrons. The van der Waals surface area contributed by atoms with Crippen LogP contribution < -0.4 is 22.1 Å². The second-order valence-corrected chi connectivity index (χ2v) is 9.76. The molecule has 14 nitrogen and oxygen atoms in total. The van der Waals surface area contributed by atoms with Gasteiger partial charge in [0.25, 0.3) is 0 Å². The molecule has 1 aromatic heterocycles. The molecule has 4 unspecified atom stereocenters. The van der Waals surface area contributed by atoms with Gasteiger partial charge in [0.2, 0.25) is 23.6 Å². The molecular weight excluding hydrogens is 524 g/mol. The Labute approximate surface area is 229 Å². The number of hydrogen-bond acceptors (Lipinski definition) is 7. The molecule has 2 heterocycles. The minimum atomic E-state index is -1.27. The number of hydrogen-bond donors (Lipinski definition) is 7. The average molecular weight is 559 g/mol. The summed E-state index contributed by atoms with van der Waals surface area (Å²) in [5.74, 6) is -5.21. The summed E-state index contributed by atoms with van der Waals surface area (Å²) in [6.07, 6.45) is 1.46. The number of carbonyl (C=O) groups is 6. The van der Waals surface area contributed by atoms with E-state index in [9.17, 15) is 33.9 Å². The molecule has 0 aliphatic carbocycles. The van der Waals surface area contributed by atoms with Gasteiger partial charge in [0.05, 0.1) is 6.04 Å². The number of carboxylic acid groups (broad SMARTS) is 2. The zero-order valence-corrected chi connectivity index (χ0v) is 21.8. The second-order valence-electron chi connectivity index (χ2n) is 9.76. The van der Waals surface area contributed by atoms with E-state index in [1.54, 1.807) is 6.20 Å². The van der Waals surface area contributed by atoms with Crippen molar-refractivity contribution < 1.29 is 39.0 Å². The minimum Gasteiger partial charge on any atom is -0.481 e. The molecule has 4 amide bonds. The number of nitrogens with zero attached hydrogens (tertiary/aromatic N) is 1. The summed E-state index contributed by atoms with van der Waals surface area (Å²) in [6.45, 7) is 0.173. The lowest BCUT2D eigenvalue weighted by molar-refractivity contribution is -0.149. The van der Waals surface area contributed by atoms with Gasteiger partial charge in [-0.2, -0.15) is 0 Å². The summed E-state index contributed by atoms with van der Waals surface area (Å²) in [4.78, 5) is 77.9. The quantitative estimate of drug-likeness (QED) is 0.154. The first-order valence-electron chi connectivity index (χ1n) is 12.9. The van der Waals surface area contributed by atoms with Crippen LogP contribution in [0.1, 0.15) is 44.1 Å². The van der Waals surface area contributed by atoms with Crippen molar-refractivity contribution in [1.82, 2.24) is 20.5 Å². The van der Waals surface area contributed by atoms with Gasteiger partial charge in [0, 0.05) is 42.9 Å². The van der Waals surface area contributed by atoms with Crippen molar-refractivity contribution in [3.63, 3.8) is 0 Å². The van der Waals surface area contributed by atoms with E-state index in [0.717, 1.165) is 15.8 Å². The second kappa shape index (κ2) is 13.6. The zero-order valence-electron chi connectivity index (χ0n) is 21.8. The molecule has 0 saturated carbocycles. The number of rotatable bonds is 14. The lowest BCUT2D eigenvalue weighted by Gasteiger charge is -2.29. The maximum absolute atomic E-state index is 13.5. The first kappa shape index (κ1) is 30.1. The van der Waals surface area contributed by atoms with E-state index in [1.165, 1.54) is 0 Å². The normalized spacial score (nSPS) is 17.1. The smallest absolute Gasteiger partial charge is 0.326 e. The Bertz CT molecular complexity index is 1280. The van der Waals surface area contributed by atoms with Crippen LogP contribution in [0.4, 0.5) is 0 Å². The Morgan fingerprint density at radius 1 is 1.00 bits per heavy atom. The van der Waals surface area contributed by atoms with E-state index in [-0.39, 0.29) is 45.1 Å². The van der Waals surface area contributed by atoms with Gasteiger partial charge in [0.1, 0.15) is 18.1 Å². The number of nitrogens with two attached hydrogens (primary N) is 2. The first-order valence-corrected chi connectivity index (χ1v) is 12.9. The summed E-state index contributed by atoms with van der Waals surface area (Å²) >= 11 is 0. The van der Waals surface area contributed by atoms with Gasteiger partial charge in [-0.05, 0) is 37.3 Å². The molecule has 1 fully saturated rings. The van der Waals surface area contributed by atoms with Crippen LogP contribution in [0.2, 0.25) is 0 Å². The van der Waals surface area contributed by atoms with E-state index in [0.29, 0.717) is 12.0 Å². The maximum Gasteiger partial charge on any atom is 0.326 e. The zero-order chi connectivity index (χ0) is 29.4. The number of fused-ring (bicyclic) bond motifs is 1. The van der Waals surface area contributed by atoms with Crippen molar-refractivity contribution in [3.8, 4) is 0 Å².